The summed E-state index contributed by atoms with van der Waals surface area (Å²) in [7, 11) is 0. The summed E-state index contributed by atoms with van der Waals surface area (Å²) in [5.41, 5.74) is 0.628. The number of rotatable bonds is 2. The molecule has 21 heavy (non-hydrogen) atoms. The van der Waals surface area contributed by atoms with Crippen molar-refractivity contribution < 1.29 is 18.6 Å². The smallest absolute Gasteiger partial charge is 0.338 e. The van der Waals surface area contributed by atoms with Gasteiger partial charge in [0.15, 0.2) is 5.69 Å². The van der Waals surface area contributed by atoms with E-state index in [2.05, 4.69) is 10.5 Å². The Kier molecular flexibility index (Phi) is 2.79. The minimum atomic E-state index is -0.641. The number of carbonyl (C=O) groups is 1. The van der Waals surface area contributed by atoms with Gasteiger partial charge in [-0.2, -0.15) is 0 Å². The topological polar surface area (TPSA) is 98.3 Å². The first-order chi connectivity index (χ1) is 9.97. The van der Waals surface area contributed by atoms with Crippen molar-refractivity contribution in [3.8, 4) is 0 Å². The Bertz CT molecular complexity index is 810. The largest absolute Gasteiger partial charge is 0.349 e. The van der Waals surface area contributed by atoms with Gasteiger partial charge < -0.3 is 9.84 Å². The van der Waals surface area contributed by atoms with Gasteiger partial charge in [0.05, 0.1) is 10.5 Å². The molecule has 0 aliphatic carbocycles. The van der Waals surface area contributed by atoms with Crippen molar-refractivity contribution in [1.82, 2.24) is 5.16 Å². The van der Waals surface area contributed by atoms with Gasteiger partial charge in [0.25, 0.3) is 5.91 Å². The molecule has 0 spiro atoms. The fourth-order valence-corrected chi connectivity index (χ4v) is 2.13. The molecule has 1 aromatic heterocycles. The molecule has 0 unspecified atom stereocenters. The maximum absolute atomic E-state index is 13.3. The van der Waals surface area contributed by atoms with E-state index in [-0.39, 0.29) is 22.7 Å². The number of benzene rings is 1. The Morgan fingerprint density at radius 2 is 2.24 bits per heavy atom. The van der Waals surface area contributed by atoms with Crippen LogP contribution in [-0.4, -0.2) is 16.0 Å². The van der Waals surface area contributed by atoms with Crippen LogP contribution < -0.4 is 5.32 Å². The van der Waals surface area contributed by atoms with E-state index in [0.29, 0.717) is 11.3 Å². The third-order valence-electron chi connectivity index (χ3n) is 3.08. The van der Waals surface area contributed by atoms with Gasteiger partial charge in [-0.25, -0.2) is 4.39 Å². The molecule has 1 aliphatic rings. The number of anilines is 1. The van der Waals surface area contributed by atoms with E-state index >= 15 is 0 Å². The van der Waals surface area contributed by atoms with Crippen LogP contribution in [0.5, 0.6) is 0 Å². The van der Waals surface area contributed by atoms with Crippen molar-refractivity contribution in [3.05, 3.63) is 51.1 Å². The maximum Gasteiger partial charge on any atom is 0.338 e. The van der Waals surface area contributed by atoms with Crippen molar-refractivity contribution >= 4 is 28.9 Å². The number of carbonyl (C=O) groups excluding carboxylic acids is 1. The number of hydrogen-bond donors (Lipinski definition) is 1. The lowest BCUT2D eigenvalue weighted by atomic mass is 10.1. The average molecular weight is 289 g/mol. The Morgan fingerprint density at radius 3 is 2.95 bits per heavy atom. The normalized spacial score (nSPS) is 15.1. The van der Waals surface area contributed by atoms with Crippen molar-refractivity contribution in [2.75, 3.05) is 5.32 Å². The third kappa shape index (κ3) is 2.06. The highest BCUT2D eigenvalue weighted by Crippen LogP contribution is 2.35. The van der Waals surface area contributed by atoms with E-state index in [1.807, 2.05) is 0 Å². The molecule has 0 atom stereocenters. The summed E-state index contributed by atoms with van der Waals surface area (Å²) in [5, 5.41) is 17.0. The molecule has 1 N–H and O–H groups in total. The van der Waals surface area contributed by atoms with Gasteiger partial charge in [0, 0.05) is 17.3 Å². The molecule has 1 amide bonds. The van der Waals surface area contributed by atoms with E-state index < -0.39 is 16.6 Å². The van der Waals surface area contributed by atoms with Crippen LogP contribution in [0.15, 0.2) is 22.7 Å². The fourth-order valence-electron chi connectivity index (χ4n) is 2.13. The first kappa shape index (κ1) is 13.0. The summed E-state index contributed by atoms with van der Waals surface area (Å²) in [4.78, 5) is 22.2. The Hall–Kier alpha value is -3.03. The molecular weight excluding hydrogens is 281 g/mol. The fraction of sp³-hybridized carbons (Fsp3) is 0.0769. The van der Waals surface area contributed by atoms with Crippen LogP contribution in [0.2, 0.25) is 0 Å². The van der Waals surface area contributed by atoms with Crippen LogP contribution in [0, 0.1) is 22.9 Å². The number of aryl methyl sites for hydroxylation is 1. The predicted octanol–water partition coefficient (Wildman–Crippen LogP) is 2.52. The van der Waals surface area contributed by atoms with Crippen molar-refractivity contribution in [1.29, 1.82) is 0 Å². The minimum absolute atomic E-state index is 0.0868. The van der Waals surface area contributed by atoms with Crippen molar-refractivity contribution in [3.63, 3.8) is 0 Å². The molecule has 8 heteroatoms. The summed E-state index contributed by atoms with van der Waals surface area (Å²) in [6, 6.07) is 3.81. The Balaban J connectivity index is 2.16. The Labute approximate surface area is 117 Å². The van der Waals surface area contributed by atoms with Crippen LogP contribution in [0.25, 0.3) is 11.6 Å². The van der Waals surface area contributed by atoms with E-state index in [4.69, 9.17) is 4.52 Å². The first-order valence-corrected chi connectivity index (χ1v) is 5.91. The molecule has 0 saturated heterocycles. The summed E-state index contributed by atoms with van der Waals surface area (Å²) >= 11 is 0. The standard InChI is InChI=1S/C13H8FN3O4/c1-6-12(17(19)20)11(21-16-6)5-9-8-4-7(14)2-3-10(8)15-13(9)18/h2-5H,1H3,(H,15,18)/b9-5-. The second kappa shape index (κ2) is 4.51. The molecule has 7 nitrogen and oxygen atoms in total. The molecule has 0 bridgehead atoms. The van der Waals surface area contributed by atoms with Gasteiger partial charge in [-0.15, -0.1) is 0 Å². The van der Waals surface area contributed by atoms with Crippen LogP contribution in [-0.2, 0) is 4.79 Å². The average Bonchev–Trinajstić information content (AvgIpc) is 2.92. The maximum atomic E-state index is 13.3. The summed E-state index contributed by atoms with van der Waals surface area (Å²) in [6.45, 7) is 1.42. The number of hydrogen-bond acceptors (Lipinski definition) is 5. The molecule has 1 aliphatic heterocycles. The van der Waals surface area contributed by atoms with Gasteiger partial charge >= 0.3 is 5.69 Å². The third-order valence-corrected chi connectivity index (χ3v) is 3.08. The molecule has 106 valence electrons. The van der Waals surface area contributed by atoms with Crippen LogP contribution in [0.3, 0.4) is 0 Å². The van der Waals surface area contributed by atoms with Crippen LogP contribution in [0.4, 0.5) is 15.8 Å². The lowest BCUT2D eigenvalue weighted by Gasteiger charge is -1.97. The minimum Gasteiger partial charge on any atom is -0.349 e. The Morgan fingerprint density at radius 1 is 1.48 bits per heavy atom. The van der Waals surface area contributed by atoms with E-state index in [1.54, 1.807) is 0 Å². The number of amides is 1. The van der Waals surface area contributed by atoms with Gasteiger partial charge in [-0.05, 0) is 25.1 Å². The number of fused-ring (bicyclic) bond motifs is 1. The lowest BCUT2D eigenvalue weighted by molar-refractivity contribution is -0.386. The highest BCUT2D eigenvalue weighted by molar-refractivity contribution is 6.34. The number of nitrogens with zero attached hydrogens (tertiary/aromatic N) is 2. The summed E-state index contributed by atoms with van der Waals surface area (Å²) in [6.07, 6.45) is 1.19. The lowest BCUT2D eigenvalue weighted by Crippen LogP contribution is -2.03. The number of halogens is 1. The van der Waals surface area contributed by atoms with Crippen molar-refractivity contribution in [2.45, 2.75) is 6.92 Å². The van der Waals surface area contributed by atoms with E-state index in [1.165, 1.54) is 31.2 Å². The van der Waals surface area contributed by atoms with Crippen LogP contribution in [0.1, 0.15) is 17.0 Å². The molecular formula is C13H8FN3O4. The molecule has 0 saturated carbocycles. The van der Waals surface area contributed by atoms with Gasteiger partial charge in [-0.1, -0.05) is 5.16 Å². The van der Waals surface area contributed by atoms with Gasteiger partial charge in [0.1, 0.15) is 5.82 Å². The molecule has 1 aromatic carbocycles. The number of nitrogens with one attached hydrogen (secondary N) is 1. The van der Waals surface area contributed by atoms with E-state index in [9.17, 15) is 19.3 Å². The predicted molar refractivity (Wildman–Crippen MR) is 70.8 cm³/mol. The van der Waals surface area contributed by atoms with Gasteiger partial charge in [-0.3, -0.25) is 14.9 Å². The SMILES string of the molecule is Cc1noc(/C=C2\C(=O)Nc3ccc(F)cc32)c1[N+](=O)[O-]. The monoisotopic (exact) mass is 289 g/mol. The molecule has 3 rings (SSSR count). The van der Waals surface area contributed by atoms with E-state index in [0.717, 1.165) is 0 Å². The number of aromatic nitrogens is 1. The zero-order chi connectivity index (χ0) is 15.1. The highest BCUT2D eigenvalue weighted by Gasteiger charge is 2.29. The molecule has 2 heterocycles. The summed E-state index contributed by atoms with van der Waals surface area (Å²) < 4.78 is 18.2. The highest BCUT2D eigenvalue weighted by atomic mass is 19.1. The zero-order valence-electron chi connectivity index (χ0n) is 10.7. The van der Waals surface area contributed by atoms with Crippen LogP contribution >= 0.6 is 0 Å². The quantitative estimate of drug-likeness (QED) is 0.520. The van der Waals surface area contributed by atoms with Crippen molar-refractivity contribution in [2.24, 2.45) is 0 Å². The number of nitro groups is 1. The second-order valence-electron chi connectivity index (χ2n) is 4.44. The second-order valence-corrected chi connectivity index (χ2v) is 4.44. The molecule has 0 radical (unpaired) electrons. The van der Waals surface area contributed by atoms with Gasteiger partial charge in [0.2, 0.25) is 5.76 Å². The first-order valence-electron chi connectivity index (χ1n) is 5.91. The zero-order valence-corrected chi connectivity index (χ0v) is 10.7. The molecule has 2 aromatic rings. The molecule has 0 fully saturated rings. The summed E-state index contributed by atoms with van der Waals surface area (Å²) in [5.74, 6) is -1.15.